The number of hydrogen-bond donors (Lipinski definition) is 1. The van der Waals surface area contributed by atoms with Crippen LogP contribution in [-0.4, -0.2) is 34.6 Å². The normalized spacial score (nSPS) is 20.2. The molecule has 0 spiro atoms. The summed E-state index contributed by atoms with van der Waals surface area (Å²) in [5.74, 6) is 3.39. The summed E-state index contributed by atoms with van der Waals surface area (Å²) >= 11 is 8.29. The molecule has 1 aliphatic rings. The Kier molecular flexibility index (Phi) is 5.21. The van der Waals surface area contributed by atoms with Crippen molar-refractivity contribution in [3.8, 4) is 0 Å². The van der Waals surface area contributed by atoms with E-state index in [2.05, 4.69) is 37.9 Å². The van der Waals surface area contributed by atoms with E-state index in [1.165, 1.54) is 11.5 Å². The molecule has 1 atom stereocenters. The summed E-state index contributed by atoms with van der Waals surface area (Å²) < 4.78 is 0. The molecule has 1 unspecified atom stereocenters. The van der Waals surface area contributed by atoms with Crippen molar-refractivity contribution in [3.63, 3.8) is 0 Å². The minimum absolute atomic E-state index is 0.0655. The number of anilines is 1. The summed E-state index contributed by atoms with van der Waals surface area (Å²) in [6.45, 7) is 10.5. The third-order valence-corrected chi connectivity index (χ3v) is 4.89. The first-order valence-electron chi connectivity index (χ1n) is 7.11. The standard InChI is InChI=1S/C15H24ClN3S/c1-11-10-20-8-7-19(11)14-6-5-12(16)13(18-14)9-17-15(2,3)4/h5-6,11,17H,7-10H2,1-4H3. The molecule has 5 heteroatoms. The fraction of sp³-hybridized carbons (Fsp3) is 0.667. The van der Waals surface area contributed by atoms with Crippen molar-refractivity contribution in [2.24, 2.45) is 0 Å². The summed E-state index contributed by atoms with van der Waals surface area (Å²) in [7, 11) is 0. The highest BCUT2D eigenvalue weighted by molar-refractivity contribution is 7.99. The lowest BCUT2D eigenvalue weighted by molar-refractivity contribution is 0.421. The SMILES string of the molecule is CC1CSCCN1c1ccc(Cl)c(CNC(C)(C)C)n1. The zero-order valence-electron chi connectivity index (χ0n) is 12.7. The Hall–Kier alpha value is -0.450. The van der Waals surface area contributed by atoms with Gasteiger partial charge in [0.25, 0.3) is 0 Å². The summed E-state index contributed by atoms with van der Waals surface area (Å²) in [4.78, 5) is 7.15. The number of rotatable bonds is 3. The number of halogens is 1. The number of thioether (sulfide) groups is 1. The van der Waals surface area contributed by atoms with Gasteiger partial charge in [-0.15, -0.1) is 0 Å². The van der Waals surface area contributed by atoms with Gasteiger partial charge in [0, 0.05) is 36.2 Å². The summed E-state index contributed by atoms with van der Waals surface area (Å²) in [6, 6.07) is 4.54. The monoisotopic (exact) mass is 313 g/mol. The topological polar surface area (TPSA) is 28.2 Å². The van der Waals surface area contributed by atoms with Crippen molar-refractivity contribution in [2.45, 2.75) is 45.8 Å². The summed E-state index contributed by atoms with van der Waals surface area (Å²) in [5.41, 5.74) is 1.00. The minimum Gasteiger partial charge on any atom is -0.352 e. The Morgan fingerprint density at radius 1 is 1.45 bits per heavy atom. The molecule has 20 heavy (non-hydrogen) atoms. The van der Waals surface area contributed by atoms with Crippen LogP contribution in [0.3, 0.4) is 0 Å². The first-order valence-corrected chi connectivity index (χ1v) is 8.65. The molecular weight excluding hydrogens is 290 g/mol. The zero-order chi connectivity index (χ0) is 14.8. The molecule has 1 fully saturated rings. The van der Waals surface area contributed by atoms with Gasteiger partial charge in [-0.05, 0) is 39.8 Å². The smallest absolute Gasteiger partial charge is 0.129 e. The molecule has 1 aromatic rings. The molecule has 0 amide bonds. The van der Waals surface area contributed by atoms with Gasteiger partial charge in [-0.2, -0.15) is 11.8 Å². The van der Waals surface area contributed by atoms with E-state index in [1.54, 1.807) is 0 Å². The number of aromatic nitrogens is 1. The first-order chi connectivity index (χ1) is 9.37. The van der Waals surface area contributed by atoms with Crippen molar-refractivity contribution in [1.29, 1.82) is 0 Å². The molecule has 2 rings (SSSR count). The molecule has 0 aliphatic carbocycles. The molecule has 1 N–H and O–H groups in total. The van der Waals surface area contributed by atoms with Gasteiger partial charge in [-0.25, -0.2) is 4.98 Å². The summed E-state index contributed by atoms with van der Waals surface area (Å²) in [6.07, 6.45) is 0. The largest absolute Gasteiger partial charge is 0.352 e. The van der Waals surface area contributed by atoms with Crippen molar-refractivity contribution < 1.29 is 0 Å². The second-order valence-electron chi connectivity index (χ2n) is 6.32. The van der Waals surface area contributed by atoms with Gasteiger partial charge in [0.15, 0.2) is 0 Å². The van der Waals surface area contributed by atoms with Gasteiger partial charge in [0.1, 0.15) is 5.82 Å². The predicted octanol–water partition coefficient (Wildman–Crippen LogP) is 3.56. The van der Waals surface area contributed by atoms with E-state index < -0.39 is 0 Å². The molecular formula is C15H24ClN3S. The Bertz CT molecular complexity index is 459. The van der Waals surface area contributed by atoms with E-state index in [0.29, 0.717) is 12.6 Å². The summed E-state index contributed by atoms with van der Waals surface area (Å²) in [5, 5.41) is 4.19. The van der Waals surface area contributed by atoms with Crippen LogP contribution >= 0.6 is 23.4 Å². The van der Waals surface area contributed by atoms with Crippen LogP contribution in [0.4, 0.5) is 5.82 Å². The second kappa shape index (κ2) is 6.54. The number of hydrogen-bond acceptors (Lipinski definition) is 4. The van der Waals surface area contributed by atoms with Crippen molar-refractivity contribution >= 4 is 29.2 Å². The first kappa shape index (κ1) is 15.9. The van der Waals surface area contributed by atoms with E-state index in [4.69, 9.17) is 16.6 Å². The van der Waals surface area contributed by atoms with Crippen LogP contribution in [0.2, 0.25) is 5.02 Å². The molecule has 0 saturated carbocycles. The van der Waals surface area contributed by atoms with E-state index in [0.717, 1.165) is 23.1 Å². The molecule has 0 bridgehead atoms. The predicted molar refractivity (Wildman–Crippen MR) is 90.0 cm³/mol. The van der Waals surface area contributed by atoms with Crippen molar-refractivity contribution in [2.75, 3.05) is 23.0 Å². The lowest BCUT2D eigenvalue weighted by Crippen LogP contribution is -2.41. The van der Waals surface area contributed by atoms with Gasteiger partial charge >= 0.3 is 0 Å². The quantitative estimate of drug-likeness (QED) is 0.923. The van der Waals surface area contributed by atoms with Gasteiger partial charge in [-0.3, -0.25) is 0 Å². The molecule has 1 aromatic heterocycles. The van der Waals surface area contributed by atoms with Crippen LogP contribution in [0.1, 0.15) is 33.4 Å². The zero-order valence-corrected chi connectivity index (χ0v) is 14.3. The second-order valence-corrected chi connectivity index (χ2v) is 7.88. The number of nitrogens with one attached hydrogen (secondary N) is 1. The van der Waals surface area contributed by atoms with E-state index in [1.807, 2.05) is 23.9 Å². The molecule has 1 saturated heterocycles. The highest BCUT2D eigenvalue weighted by Gasteiger charge is 2.21. The highest BCUT2D eigenvalue weighted by Crippen LogP contribution is 2.25. The maximum Gasteiger partial charge on any atom is 0.129 e. The van der Waals surface area contributed by atoms with Gasteiger partial charge in [0.2, 0.25) is 0 Å². The van der Waals surface area contributed by atoms with Crippen LogP contribution < -0.4 is 10.2 Å². The third-order valence-electron chi connectivity index (χ3n) is 3.35. The molecule has 112 valence electrons. The fourth-order valence-electron chi connectivity index (χ4n) is 2.17. The van der Waals surface area contributed by atoms with Crippen LogP contribution in [0.25, 0.3) is 0 Å². The molecule has 1 aliphatic heterocycles. The molecule has 0 radical (unpaired) electrons. The van der Waals surface area contributed by atoms with Crippen LogP contribution in [0.5, 0.6) is 0 Å². The van der Waals surface area contributed by atoms with Crippen LogP contribution in [-0.2, 0) is 6.54 Å². The Labute approximate surface area is 131 Å². The number of pyridine rings is 1. The minimum atomic E-state index is 0.0655. The van der Waals surface area contributed by atoms with Crippen molar-refractivity contribution in [1.82, 2.24) is 10.3 Å². The van der Waals surface area contributed by atoms with Gasteiger partial charge in [-0.1, -0.05) is 11.6 Å². The average molecular weight is 314 g/mol. The molecule has 2 heterocycles. The van der Waals surface area contributed by atoms with Crippen LogP contribution in [0.15, 0.2) is 12.1 Å². The Morgan fingerprint density at radius 3 is 2.85 bits per heavy atom. The Morgan fingerprint density at radius 2 is 2.20 bits per heavy atom. The van der Waals surface area contributed by atoms with Gasteiger partial charge < -0.3 is 10.2 Å². The third kappa shape index (κ3) is 4.27. The molecule has 0 aromatic carbocycles. The van der Waals surface area contributed by atoms with Crippen molar-refractivity contribution in [3.05, 3.63) is 22.8 Å². The highest BCUT2D eigenvalue weighted by atomic mass is 35.5. The van der Waals surface area contributed by atoms with Gasteiger partial charge in [0.05, 0.1) is 10.7 Å². The Balaban J connectivity index is 2.15. The van der Waals surface area contributed by atoms with Crippen LogP contribution in [0, 0.1) is 0 Å². The number of nitrogens with zero attached hydrogens (tertiary/aromatic N) is 2. The van der Waals surface area contributed by atoms with E-state index in [9.17, 15) is 0 Å². The maximum absolute atomic E-state index is 6.28. The lowest BCUT2D eigenvalue weighted by atomic mass is 10.1. The fourth-order valence-corrected chi connectivity index (χ4v) is 3.36. The lowest BCUT2D eigenvalue weighted by Gasteiger charge is -2.34. The maximum atomic E-state index is 6.28. The van der Waals surface area contributed by atoms with E-state index in [-0.39, 0.29) is 5.54 Å². The molecule has 3 nitrogen and oxygen atoms in total. The average Bonchev–Trinajstić information content (AvgIpc) is 2.38. The van der Waals surface area contributed by atoms with E-state index >= 15 is 0 Å².